The molecule has 0 aliphatic rings. The lowest BCUT2D eigenvalue weighted by Gasteiger charge is -2.25. The molecule has 0 aliphatic heterocycles. The van der Waals surface area contributed by atoms with E-state index in [0.717, 1.165) is 11.3 Å². The minimum atomic E-state index is -0.355. The number of nitrogens with two attached hydrogens (primary N) is 1. The second kappa shape index (κ2) is 12.8. The van der Waals surface area contributed by atoms with Gasteiger partial charge in [-0.3, -0.25) is 9.59 Å². The fourth-order valence-corrected chi connectivity index (χ4v) is 1.97. The van der Waals surface area contributed by atoms with Crippen molar-refractivity contribution in [2.45, 2.75) is 6.04 Å². The normalized spacial score (nSPS) is 10.9. The zero-order chi connectivity index (χ0) is 16.5. The first kappa shape index (κ1) is 24.7. The van der Waals surface area contributed by atoms with Gasteiger partial charge in [0.2, 0.25) is 11.8 Å². The van der Waals surface area contributed by atoms with Crippen LogP contribution in [0.5, 0.6) is 5.75 Å². The van der Waals surface area contributed by atoms with E-state index in [0.29, 0.717) is 6.54 Å². The molecular weight excluding hydrogens is 355 g/mol. The molecule has 1 aromatic rings. The second-order valence-corrected chi connectivity index (χ2v) is 5.04. The van der Waals surface area contributed by atoms with E-state index in [2.05, 4.69) is 10.6 Å². The number of halogens is 2. The SMILES string of the molecule is COc1cccc(C(CNC(=O)CNC(=O)CN)N(C)C)c1.Cl.Cl. The Morgan fingerprint density at radius 1 is 1.21 bits per heavy atom. The van der Waals surface area contributed by atoms with Crippen molar-refractivity contribution in [3.8, 4) is 5.75 Å². The molecule has 0 aliphatic carbocycles. The van der Waals surface area contributed by atoms with Crippen LogP contribution in [0.1, 0.15) is 11.6 Å². The molecule has 0 fully saturated rings. The largest absolute Gasteiger partial charge is 0.497 e. The summed E-state index contributed by atoms with van der Waals surface area (Å²) in [6.45, 7) is 0.225. The van der Waals surface area contributed by atoms with Crippen molar-refractivity contribution in [3.05, 3.63) is 29.8 Å². The van der Waals surface area contributed by atoms with Crippen molar-refractivity contribution < 1.29 is 14.3 Å². The zero-order valence-corrected chi connectivity index (χ0v) is 15.7. The van der Waals surface area contributed by atoms with Crippen molar-refractivity contribution in [2.24, 2.45) is 5.73 Å². The fraction of sp³-hybridized carbons (Fsp3) is 0.467. The van der Waals surface area contributed by atoms with E-state index in [9.17, 15) is 9.59 Å². The highest BCUT2D eigenvalue weighted by Crippen LogP contribution is 2.21. The Morgan fingerprint density at radius 2 is 1.88 bits per heavy atom. The third kappa shape index (κ3) is 8.35. The van der Waals surface area contributed by atoms with E-state index in [-0.39, 0.29) is 55.8 Å². The number of methoxy groups -OCH3 is 1. The van der Waals surface area contributed by atoms with E-state index in [1.54, 1.807) is 7.11 Å². The highest BCUT2D eigenvalue weighted by Gasteiger charge is 2.16. The van der Waals surface area contributed by atoms with Gasteiger partial charge in [0.05, 0.1) is 26.2 Å². The van der Waals surface area contributed by atoms with Crippen LogP contribution in [0.15, 0.2) is 24.3 Å². The van der Waals surface area contributed by atoms with E-state index >= 15 is 0 Å². The molecule has 0 heterocycles. The summed E-state index contributed by atoms with van der Waals surface area (Å²) in [6, 6.07) is 7.71. The van der Waals surface area contributed by atoms with Crippen molar-refractivity contribution in [1.29, 1.82) is 0 Å². The minimum Gasteiger partial charge on any atom is -0.497 e. The number of hydrogen-bond acceptors (Lipinski definition) is 5. The summed E-state index contributed by atoms with van der Waals surface area (Å²) < 4.78 is 5.22. The summed E-state index contributed by atoms with van der Waals surface area (Å²) >= 11 is 0. The molecule has 138 valence electrons. The average Bonchev–Trinajstić information content (AvgIpc) is 2.52. The first-order valence-electron chi connectivity index (χ1n) is 7.01. The topological polar surface area (TPSA) is 96.7 Å². The maximum absolute atomic E-state index is 11.7. The van der Waals surface area contributed by atoms with Crippen molar-refractivity contribution in [1.82, 2.24) is 15.5 Å². The molecule has 0 spiro atoms. The number of rotatable bonds is 8. The predicted molar refractivity (Wildman–Crippen MR) is 99.0 cm³/mol. The third-order valence-corrected chi connectivity index (χ3v) is 3.23. The molecule has 0 saturated heterocycles. The molecular formula is C15H26Cl2N4O3. The zero-order valence-electron chi connectivity index (χ0n) is 14.1. The smallest absolute Gasteiger partial charge is 0.239 e. The number of nitrogens with one attached hydrogen (secondary N) is 2. The van der Waals surface area contributed by atoms with Gasteiger partial charge in [-0.15, -0.1) is 24.8 Å². The van der Waals surface area contributed by atoms with E-state index in [1.807, 2.05) is 43.3 Å². The van der Waals surface area contributed by atoms with Crippen LogP contribution in [0.4, 0.5) is 0 Å². The summed E-state index contributed by atoms with van der Waals surface area (Å²) in [5.41, 5.74) is 6.20. The second-order valence-electron chi connectivity index (χ2n) is 5.04. The fourth-order valence-electron chi connectivity index (χ4n) is 1.97. The van der Waals surface area contributed by atoms with Gasteiger partial charge in [-0.1, -0.05) is 12.1 Å². The molecule has 0 aromatic heterocycles. The lowest BCUT2D eigenvalue weighted by molar-refractivity contribution is -0.125. The highest BCUT2D eigenvalue weighted by atomic mass is 35.5. The van der Waals surface area contributed by atoms with Gasteiger partial charge in [0.25, 0.3) is 0 Å². The van der Waals surface area contributed by atoms with Crippen LogP contribution in [0.3, 0.4) is 0 Å². The van der Waals surface area contributed by atoms with Crippen molar-refractivity contribution >= 4 is 36.6 Å². The van der Waals surface area contributed by atoms with Gasteiger partial charge in [0.1, 0.15) is 5.75 Å². The standard InChI is InChI=1S/C15H24N4O3.2ClH/c1-19(2)13(11-5-4-6-12(7-11)22-3)9-17-15(21)10-18-14(20)8-16;;/h4-7,13H,8-10,16H2,1-3H3,(H,17,21)(H,18,20);2*1H. The van der Waals surface area contributed by atoms with Gasteiger partial charge in [-0.25, -0.2) is 0 Å². The molecule has 1 unspecified atom stereocenters. The number of nitrogens with zero attached hydrogens (tertiary/aromatic N) is 1. The summed E-state index contributed by atoms with van der Waals surface area (Å²) in [7, 11) is 5.49. The molecule has 9 heteroatoms. The Bertz CT molecular complexity index is 515. The van der Waals surface area contributed by atoms with Gasteiger partial charge in [-0.05, 0) is 31.8 Å². The van der Waals surface area contributed by atoms with Gasteiger partial charge in [0, 0.05) is 6.54 Å². The van der Waals surface area contributed by atoms with E-state index in [4.69, 9.17) is 10.5 Å². The molecule has 24 heavy (non-hydrogen) atoms. The van der Waals surface area contributed by atoms with Gasteiger partial charge < -0.3 is 26.0 Å². The molecule has 1 atom stereocenters. The van der Waals surface area contributed by atoms with Crippen LogP contribution in [-0.4, -0.2) is 57.6 Å². The van der Waals surface area contributed by atoms with Gasteiger partial charge in [-0.2, -0.15) is 0 Å². The van der Waals surface area contributed by atoms with Crippen LogP contribution < -0.4 is 21.1 Å². The minimum absolute atomic E-state index is 0. The summed E-state index contributed by atoms with van der Waals surface area (Å²) in [4.78, 5) is 24.8. The quantitative estimate of drug-likeness (QED) is 0.603. The Hall–Kier alpha value is -1.54. The number of likely N-dealkylation sites (N-methyl/N-ethyl adjacent to an activating group) is 1. The van der Waals surface area contributed by atoms with Crippen LogP contribution in [0, 0.1) is 0 Å². The van der Waals surface area contributed by atoms with E-state index in [1.165, 1.54) is 0 Å². The summed E-state index contributed by atoms with van der Waals surface area (Å²) in [5, 5.41) is 5.24. The maximum atomic E-state index is 11.7. The number of carbonyl (C=O) groups is 2. The van der Waals surface area contributed by atoms with Crippen LogP contribution in [0.2, 0.25) is 0 Å². The monoisotopic (exact) mass is 380 g/mol. The molecule has 7 nitrogen and oxygen atoms in total. The number of hydrogen-bond donors (Lipinski definition) is 3. The molecule has 1 rings (SSSR count). The molecule has 1 aromatic carbocycles. The Kier molecular flexibility index (Phi) is 13.2. The summed E-state index contributed by atoms with van der Waals surface area (Å²) in [5.74, 6) is 0.162. The Labute approximate surface area is 155 Å². The molecule has 0 bridgehead atoms. The maximum Gasteiger partial charge on any atom is 0.239 e. The number of ether oxygens (including phenoxy) is 1. The Balaban J connectivity index is 0. The van der Waals surface area contributed by atoms with Gasteiger partial charge in [0.15, 0.2) is 0 Å². The van der Waals surface area contributed by atoms with E-state index < -0.39 is 0 Å². The molecule has 0 saturated carbocycles. The van der Waals surface area contributed by atoms with Crippen molar-refractivity contribution in [2.75, 3.05) is 40.8 Å². The molecule has 2 amide bonds. The average molecular weight is 381 g/mol. The summed E-state index contributed by atoms with van der Waals surface area (Å²) in [6.07, 6.45) is 0. The first-order valence-corrected chi connectivity index (χ1v) is 7.01. The Morgan fingerprint density at radius 3 is 2.42 bits per heavy atom. The number of amides is 2. The number of carbonyl (C=O) groups excluding carboxylic acids is 2. The number of benzene rings is 1. The lowest BCUT2D eigenvalue weighted by Crippen LogP contribution is -2.42. The third-order valence-electron chi connectivity index (χ3n) is 3.23. The lowest BCUT2D eigenvalue weighted by atomic mass is 10.1. The molecule has 4 N–H and O–H groups in total. The van der Waals surface area contributed by atoms with Crippen LogP contribution >= 0.6 is 24.8 Å². The first-order chi connectivity index (χ1) is 10.5. The van der Waals surface area contributed by atoms with Crippen LogP contribution in [0.25, 0.3) is 0 Å². The van der Waals surface area contributed by atoms with Crippen molar-refractivity contribution in [3.63, 3.8) is 0 Å². The predicted octanol–water partition coefficient (Wildman–Crippen LogP) is 0.333. The highest BCUT2D eigenvalue weighted by molar-refractivity contribution is 5.86. The molecule has 0 radical (unpaired) electrons. The van der Waals surface area contributed by atoms with Crippen LogP contribution in [-0.2, 0) is 9.59 Å². The van der Waals surface area contributed by atoms with Gasteiger partial charge >= 0.3 is 0 Å².